The molecule has 0 spiro atoms. The zero-order valence-corrected chi connectivity index (χ0v) is 19.0. The summed E-state index contributed by atoms with van der Waals surface area (Å²) in [6, 6.07) is 6.15. The number of benzene rings is 1. The van der Waals surface area contributed by atoms with Gasteiger partial charge >= 0.3 is 5.97 Å². The standard InChI is InChI=1S/C21H33NO5S.H3NO/c1-4-5-13-22-14-11-21(12-15-22,20(23)24)28(25,26)19-8-6-18(7-9-19)27-16-10-17(2)3;1-2/h6-9,17H,4-5,10-16H2,1-3H3,(H,23,24);2H,1H2. The fraction of sp³-hybridized carbons (Fsp3) is 0.667. The summed E-state index contributed by atoms with van der Waals surface area (Å²) in [6.07, 6.45) is 3.23. The lowest BCUT2D eigenvalue weighted by molar-refractivity contribution is -0.141. The molecule has 0 unspecified atom stereocenters. The monoisotopic (exact) mass is 444 g/mol. The Bertz CT molecular complexity index is 741. The van der Waals surface area contributed by atoms with Gasteiger partial charge in [0.25, 0.3) is 0 Å². The molecule has 0 aliphatic carbocycles. The third-order valence-corrected chi connectivity index (χ3v) is 8.00. The zero-order chi connectivity index (χ0) is 22.8. The third kappa shape index (κ3) is 6.41. The minimum atomic E-state index is -4.00. The molecule has 0 saturated carbocycles. The van der Waals surface area contributed by atoms with Crippen LogP contribution in [0.3, 0.4) is 0 Å². The van der Waals surface area contributed by atoms with Gasteiger partial charge in [0.2, 0.25) is 0 Å². The molecular formula is C21H36N2O6S. The largest absolute Gasteiger partial charge is 0.494 e. The second-order valence-corrected chi connectivity index (χ2v) is 10.3. The Morgan fingerprint density at radius 1 is 1.20 bits per heavy atom. The number of hydrogen-bond acceptors (Lipinski definition) is 7. The topological polar surface area (TPSA) is 130 Å². The quantitative estimate of drug-likeness (QED) is 0.470. The van der Waals surface area contributed by atoms with Crippen molar-refractivity contribution in [2.24, 2.45) is 11.8 Å². The van der Waals surface area contributed by atoms with Crippen molar-refractivity contribution in [1.82, 2.24) is 4.90 Å². The molecule has 172 valence electrons. The van der Waals surface area contributed by atoms with Crippen LogP contribution in [0.1, 0.15) is 52.9 Å². The Morgan fingerprint density at radius 3 is 2.23 bits per heavy atom. The van der Waals surface area contributed by atoms with Gasteiger partial charge in [0.15, 0.2) is 14.6 Å². The predicted molar refractivity (Wildman–Crippen MR) is 116 cm³/mol. The number of aliphatic carboxylic acids is 1. The van der Waals surface area contributed by atoms with Crippen molar-refractivity contribution in [3.8, 4) is 5.75 Å². The molecule has 2 rings (SSSR count). The molecule has 9 heteroatoms. The number of sulfone groups is 1. The van der Waals surface area contributed by atoms with Crippen molar-refractivity contribution in [2.45, 2.75) is 62.5 Å². The molecule has 1 fully saturated rings. The van der Waals surface area contributed by atoms with Crippen molar-refractivity contribution in [3.05, 3.63) is 24.3 Å². The van der Waals surface area contributed by atoms with E-state index in [-0.39, 0.29) is 17.7 Å². The van der Waals surface area contributed by atoms with Crippen molar-refractivity contribution in [1.29, 1.82) is 0 Å². The van der Waals surface area contributed by atoms with Crippen LogP contribution < -0.4 is 10.6 Å². The van der Waals surface area contributed by atoms with Gasteiger partial charge in [-0.3, -0.25) is 4.79 Å². The van der Waals surface area contributed by atoms with Crippen molar-refractivity contribution >= 4 is 15.8 Å². The Balaban J connectivity index is 0.00000218. The number of likely N-dealkylation sites (tertiary alicyclic amines) is 1. The Labute approximate surface area is 179 Å². The SMILES string of the molecule is CCCCN1CCC(C(=O)O)(S(=O)(=O)c2ccc(OCCC(C)C)cc2)CC1.NO. The molecule has 0 bridgehead atoms. The zero-order valence-electron chi connectivity index (χ0n) is 18.2. The fourth-order valence-corrected chi connectivity index (χ4v) is 5.37. The van der Waals surface area contributed by atoms with Crippen LogP contribution in [0.15, 0.2) is 29.2 Å². The number of nitrogens with two attached hydrogens (primary N) is 1. The van der Waals surface area contributed by atoms with Crippen LogP contribution in [0.5, 0.6) is 5.75 Å². The minimum Gasteiger partial charge on any atom is -0.494 e. The van der Waals surface area contributed by atoms with Crippen molar-refractivity contribution in [3.63, 3.8) is 0 Å². The van der Waals surface area contributed by atoms with Gasteiger partial charge in [-0.15, -0.1) is 0 Å². The summed E-state index contributed by atoms with van der Waals surface area (Å²) >= 11 is 0. The molecule has 1 aliphatic heterocycles. The summed E-state index contributed by atoms with van der Waals surface area (Å²) < 4.78 is 30.4. The smallest absolute Gasteiger partial charge is 0.325 e. The van der Waals surface area contributed by atoms with Gasteiger partial charge in [0, 0.05) is 13.1 Å². The highest BCUT2D eigenvalue weighted by Gasteiger charge is 2.53. The Morgan fingerprint density at radius 2 is 1.77 bits per heavy atom. The van der Waals surface area contributed by atoms with Crippen LogP contribution in [0.2, 0.25) is 0 Å². The number of rotatable bonds is 10. The average molecular weight is 445 g/mol. The summed E-state index contributed by atoms with van der Waals surface area (Å²) in [7, 11) is -4.00. The Hall–Kier alpha value is -1.68. The molecule has 4 N–H and O–H groups in total. The number of nitrogens with zero attached hydrogens (tertiary/aromatic N) is 1. The maximum atomic E-state index is 13.2. The molecule has 0 atom stereocenters. The lowest BCUT2D eigenvalue weighted by atomic mass is 9.95. The summed E-state index contributed by atoms with van der Waals surface area (Å²) in [6.45, 7) is 8.75. The number of unbranched alkanes of at least 4 members (excludes halogenated alkanes) is 1. The van der Waals surface area contributed by atoms with Gasteiger partial charge in [0.1, 0.15) is 5.75 Å². The number of carbonyl (C=O) groups is 1. The van der Waals surface area contributed by atoms with E-state index in [0.29, 0.717) is 31.4 Å². The summed E-state index contributed by atoms with van der Waals surface area (Å²) in [5.41, 5.74) is 0. The maximum absolute atomic E-state index is 13.2. The third-order valence-electron chi connectivity index (χ3n) is 5.49. The number of hydrogen-bond donors (Lipinski definition) is 3. The normalized spacial score (nSPS) is 16.6. The van der Waals surface area contributed by atoms with E-state index in [1.165, 1.54) is 12.1 Å². The minimum absolute atomic E-state index is 0.0492. The number of piperidine rings is 1. The highest BCUT2D eigenvalue weighted by atomic mass is 32.2. The lowest BCUT2D eigenvalue weighted by Crippen LogP contribution is -2.54. The van der Waals surface area contributed by atoms with Gasteiger partial charge in [0.05, 0.1) is 11.5 Å². The van der Waals surface area contributed by atoms with E-state index < -0.39 is 20.6 Å². The molecule has 30 heavy (non-hydrogen) atoms. The molecule has 1 aromatic rings. The number of carboxylic acid groups (broad SMARTS) is 1. The van der Waals surface area contributed by atoms with Gasteiger partial charge in [-0.05, 0) is 62.4 Å². The van der Waals surface area contributed by atoms with E-state index >= 15 is 0 Å². The van der Waals surface area contributed by atoms with E-state index in [1.807, 2.05) is 0 Å². The van der Waals surface area contributed by atoms with E-state index in [4.69, 9.17) is 9.94 Å². The molecule has 8 nitrogen and oxygen atoms in total. The average Bonchev–Trinajstić information content (AvgIpc) is 2.74. The number of carboxylic acids is 1. The first kappa shape index (κ1) is 26.4. The van der Waals surface area contributed by atoms with Gasteiger partial charge in [-0.1, -0.05) is 27.2 Å². The van der Waals surface area contributed by atoms with Gasteiger partial charge in [-0.2, -0.15) is 0 Å². The molecule has 1 aliphatic rings. The molecule has 0 amide bonds. The van der Waals surface area contributed by atoms with Gasteiger partial charge in [-0.25, -0.2) is 14.3 Å². The second kappa shape index (κ2) is 12.2. The highest BCUT2D eigenvalue weighted by Crippen LogP contribution is 2.36. The second-order valence-electron chi connectivity index (χ2n) is 8.00. The molecule has 0 radical (unpaired) electrons. The summed E-state index contributed by atoms with van der Waals surface area (Å²) in [5.74, 6) is 3.37. The first-order valence-electron chi connectivity index (χ1n) is 10.4. The molecule has 1 heterocycles. The van der Waals surface area contributed by atoms with Crippen molar-refractivity contribution in [2.75, 3.05) is 26.2 Å². The van der Waals surface area contributed by atoms with E-state index in [9.17, 15) is 18.3 Å². The van der Waals surface area contributed by atoms with Crippen LogP contribution in [-0.2, 0) is 14.6 Å². The van der Waals surface area contributed by atoms with E-state index in [1.54, 1.807) is 12.1 Å². The van der Waals surface area contributed by atoms with E-state index in [0.717, 1.165) is 25.8 Å². The van der Waals surface area contributed by atoms with Crippen LogP contribution in [-0.4, -0.2) is 60.6 Å². The van der Waals surface area contributed by atoms with Crippen molar-refractivity contribution < 1.29 is 28.3 Å². The molecule has 1 saturated heterocycles. The highest BCUT2D eigenvalue weighted by molar-refractivity contribution is 7.93. The molecular weight excluding hydrogens is 408 g/mol. The maximum Gasteiger partial charge on any atom is 0.325 e. The predicted octanol–water partition coefficient (Wildman–Crippen LogP) is 2.94. The Kier molecular flexibility index (Phi) is 10.8. The first-order chi connectivity index (χ1) is 14.2. The van der Waals surface area contributed by atoms with Gasteiger partial charge < -0.3 is 20.0 Å². The summed E-state index contributed by atoms with van der Waals surface area (Å²) in [4.78, 5) is 14.3. The van der Waals surface area contributed by atoms with Crippen LogP contribution in [0.4, 0.5) is 0 Å². The lowest BCUT2D eigenvalue weighted by Gasteiger charge is -2.38. The van der Waals surface area contributed by atoms with Crippen LogP contribution in [0.25, 0.3) is 0 Å². The summed E-state index contributed by atoms with van der Waals surface area (Å²) in [5, 5.41) is 16.3. The van der Waals surface area contributed by atoms with Crippen LogP contribution in [0, 0.1) is 5.92 Å². The van der Waals surface area contributed by atoms with Crippen LogP contribution >= 0.6 is 0 Å². The fourth-order valence-electron chi connectivity index (χ4n) is 3.47. The number of ether oxygens (including phenoxy) is 1. The molecule has 1 aromatic carbocycles. The van der Waals surface area contributed by atoms with E-state index in [2.05, 4.69) is 31.6 Å². The molecule has 0 aromatic heterocycles. The first-order valence-corrected chi connectivity index (χ1v) is 11.9.